The summed E-state index contributed by atoms with van der Waals surface area (Å²) in [6.45, 7) is 1.40. The fraction of sp³-hybridized carbons (Fsp3) is 0.308. The largest absolute Gasteiger partial charge is 0.381 e. The summed E-state index contributed by atoms with van der Waals surface area (Å²) in [5.74, 6) is 0. The van der Waals surface area contributed by atoms with Gasteiger partial charge in [0.2, 0.25) is 0 Å². The Morgan fingerprint density at radius 3 is 2.76 bits per heavy atom. The molecule has 0 bridgehead atoms. The molecule has 0 fully saturated rings. The standard InChI is InChI=1S/C13H18N4/c1-17-13(9-11-5-3-2-4-6-11)12(10-16-17)15-8-7-14/h2-6,10,15H,7-9,14H2,1H3. The first-order valence-electron chi connectivity index (χ1n) is 5.80. The Bertz CT molecular complexity index is 462. The summed E-state index contributed by atoms with van der Waals surface area (Å²) in [7, 11) is 1.96. The van der Waals surface area contributed by atoms with Crippen molar-refractivity contribution in [3.63, 3.8) is 0 Å². The minimum absolute atomic E-state index is 0.625. The van der Waals surface area contributed by atoms with Gasteiger partial charge in [0.05, 0.1) is 17.6 Å². The number of aryl methyl sites for hydroxylation is 1. The maximum atomic E-state index is 5.50. The Kier molecular flexibility index (Phi) is 3.77. The average molecular weight is 230 g/mol. The van der Waals surface area contributed by atoms with E-state index in [0.717, 1.165) is 18.7 Å². The third-order valence-corrected chi connectivity index (χ3v) is 2.74. The van der Waals surface area contributed by atoms with Gasteiger partial charge in [-0.2, -0.15) is 5.10 Å². The number of nitrogens with two attached hydrogens (primary N) is 1. The molecule has 0 unspecified atom stereocenters. The lowest BCUT2D eigenvalue weighted by molar-refractivity contribution is 0.724. The molecule has 3 N–H and O–H groups in total. The van der Waals surface area contributed by atoms with Gasteiger partial charge in [0, 0.05) is 26.6 Å². The molecule has 17 heavy (non-hydrogen) atoms. The molecule has 2 rings (SSSR count). The van der Waals surface area contributed by atoms with E-state index in [9.17, 15) is 0 Å². The Morgan fingerprint density at radius 1 is 1.29 bits per heavy atom. The fourth-order valence-corrected chi connectivity index (χ4v) is 1.82. The molecule has 0 aliphatic rings. The highest BCUT2D eigenvalue weighted by Gasteiger charge is 2.08. The third kappa shape index (κ3) is 2.85. The summed E-state index contributed by atoms with van der Waals surface area (Å²) in [5.41, 5.74) is 9.04. The van der Waals surface area contributed by atoms with Gasteiger partial charge in [-0.3, -0.25) is 4.68 Å². The van der Waals surface area contributed by atoms with Gasteiger partial charge < -0.3 is 11.1 Å². The number of hydrogen-bond acceptors (Lipinski definition) is 3. The van der Waals surface area contributed by atoms with Crippen molar-refractivity contribution < 1.29 is 0 Å². The molecule has 0 atom stereocenters. The molecule has 0 aliphatic heterocycles. The molecule has 0 amide bonds. The minimum atomic E-state index is 0.625. The predicted molar refractivity (Wildman–Crippen MR) is 70.0 cm³/mol. The zero-order valence-electron chi connectivity index (χ0n) is 10.1. The monoisotopic (exact) mass is 230 g/mol. The number of anilines is 1. The number of nitrogens with one attached hydrogen (secondary N) is 1. The highest BCUT2D eigenvalue weighted by atomic mass is 15.3. The van der Waals surface area contributed by atoms with Crippen LogP contribution in [0.5, 0.6) is 0 Å². The van der Waals surface area contributed by atoms with Crippen LogP contribution in [-0.2, 0) is 13.5 Å². The zero-order chi connectivity index (χ0) is 12.1. The van der Waals surface area contributed by atoms with Gasteiger partial charge in [-0.1, -0.05) is 30.3 Å². The van der Waals surface area contributed by atoms with Gasteiger partial charge in [0.25, 0.3) is 0 Å². The molecule has 1 aromatic carbocycles. The summed E-state index contributed by atoms with van der Waals surface area (Å²) in [6.07, 6.45) is 2.73. The summed E-state index contributed by atoms with van der Waals surface area (Å²) >= 11 is 0. The maximum absolute atomic E-state index is 5.50. The molecular formula is C13H18N4. The van der Waals surface area contributed by atoms with E-state index in [2.05, 4.69) is 34.7 Å². The topological polar surface area (TPSA) is 55.9 Å². The van der Waals surface area contributed by atoms with Crippen molar-refractivity contribution in [1.82, 2.24) is 9.78 Å². The van der Waals surface area contributed by atoms with Crippen LogP contribution < -0.4 is 11.1 Å². The van der Waals surface area contributed by atoms with E-state index in [4.69, 9.17) is 5.73 Å². The zero-order valence-corrected chi connectivity index (χ0v) is 10.1. The van der Waals surface area contributed by atoms with Crippen molar-refractivity contribution in [1.29, 1.82) is 0 Å². The quantitative estimate of drug-likeness (QED) is 0.816. The molecule has 90 valence electrons. The summed E-state index contributed by atoms with van der Waals surface area (Å²) in [5, 5.41) is 7.57. The SMILES string of the molecule is Cn1ncc(NCCN)c1Cc1ccccc1. The van der Waals surface area contributed by atoms with E-state index in [1.54, 1.807) is 0 Å². The molecular weight excluding hydrogens is 212 g/mol. The smallest absolute Gasteiger partial charge is 0.0762 e. The molecule has 0 saturated heterocycles. The van der Waals surface area contributed by atoms with E-state index >= 15 is 0 Å². The van der Waals surface area contributed by atoms with Crippen LogP contribution in [0.2, 0.25) is 0 Å². The van der Waals surface area contributed by atoms with Crippen LogP contribution in [0.15, 0.2) is 36.5 Å². The second-order valence-corrected chi connectivity index (χ2v) is 4.01. The van der Waals surface area contributed by atoms with E-state index in [1.807, 2.05) is 24.0 Å². The highest BCUT2D eigenvalue weighted by Crippen LogP contribution is 2.17. The van der Waals surface area contributed by atoms with Gasteiger partial charge in [-0.25, -0.2) is 0 Å². The molecule has 0 aliphatic carbocycles. The fourth-order valence-electron chi connectivity index (χ4n) is 1.82. The molecule has 2 aromatic rings. The van der Waals surface area contributed by atoms with Gasteiger partial charge in [0.15, 0.2) is 0 Å². The highest BCUT2D eigenvalue weighted by molar-refractivity contribution is 5.48. The number of rotatable bonds is 5. The Hall–Kier alpha value is -1.81. The Morgan fingerprint density at radius 2 is 2.06 bits per heavy atom. The number of nitrogens with zero attached hydrogens (tertiary/aromatic N) is 2. The van der Waals surface area contributed by atoms with E-state index in [1.165, 1.54) is 11.3 Å². The first kappa shape index (κ1) is 11.7. The molecule has 4 heteroatoms. The van der Waals surface area contributed by atoms with Crippen molar-refractivity contribution >= 4 is 5.69 Å². The summed E-state index contributed by atoms with van der Waals surface area (Å²) in [6, 6.07) is 10.4. The Balaban J connectivity index is 2.17. The Labute approximate surface area is 101 Å². The van der Waals surface area contributed by atoms with Crippen molar-refractivity contribution in [2.75, 3.05) is 18.4 Å². The van der Waals surface area contributed by atoms with Crippen LogP contribution >= 0.6 is 0 Å². The van der Waals surface area contributed by atoms with Crippen LogP contribution in [-0.4, -0.2) is 22.9 Å². The first-order chi connectivity index (χ1) is 8.31. The lowest BCUT2D eigenvalue weighted by Crippen LogP contribution is -2.14. The number of benzene rings is 1. The van der Waals surface area contributed by atoms with Gasteiger partial charge in [0.1, 0.15) is 0 Å². The van der Waals surface area contributed by atoms with Crippen molar-refractivity contribution in [3.05, 3.63) is 47.8 Å². The van der Waals surface area contributed by atoms with Gasteiger partial charge >= 0.3 is 0 Å². The van der Waals surface area contributed by atoms with E-state index < -0.39 is 0 Å². The summed E-state index contributed by atoms with van der Waals surface area (Å²) < 4.78 is 1.91. The average Bonchev–Trinajstić information content (AvgIpc) is 2.70. The normalized spacial score (nSPS) is 10.5. The maximum Gasteiger partial charge on any atom is 0.0762 e. The van der Waals surface area contributed by atoms with Gasteiger partial charge in [-0.15, -0.1) is 0 Å². The van der Waals surface area contributed by atoms with E-state index in [-0.39, 0.29) is 0 Å². The second kappa shape index (κ2) is 5.50. The first-order valence-corrected chi connectivity index (χ1v) is 5.80. The minimum Gasteiger partial charge on any atom is -0.381 e. The molecule has 0 saturated carbocycles. The van der Waals surface area contributed by atoms with Crippen LogP contribution in [0.3, 0.4) is 0 Å². The predicted octanol–water partition coefficient (Wildman–Crippen LogP) is 1.38. The molecule has 1 aromatic heterocycles. The van der Waals surface area contributed by atoms with Crippen LogP contribution in [0, 0.1) is 0 Å². The summed E-state index contributed by atoms with van der Waals surface area (Å²) in [4.78, 5) is 0. The van der Waals surface area contributed by atoms with Crippen LogP contribution in [0.25, 0.3) is 0 Å². The van der Waals surface area contributed by atoms with Crippen molar-refractivity contribution in [3.8, 4) is 0 Å². The molecule has 0 radical (unpaired) electrons. The lowest BCUT2D eigenvalue weighted by Gasteiger charge is -2.08. The third-order valence-electron chi connectivity index (χ3n) is 2.74. The van der Waals surface area contributed by atoms with Crippen molar-refractivity contribution in [2.45, 2.75) is 6.42 Å². The van der Waals surface area contributed by atoms with Crippen LogP contribution in [0.1, 0.15) is 11.3 Å². The lowest BCUT2D eigenvalue weighted by atomic mass is 10.1. The molecule has 0 spiro atoms. The van der Waals surface area contributed by atoms with Crippen LogP contribution in [0.4, 0.5) is 5.69 Å². The molecule has 1 heterocycles. The molecule has 4 nitrogen and oxygen atoms in total. The van der Waals surface area contributed by atoms with Gasteiger partial charge in [-0.05, 0) is 5.56 Å². The van der Waals surface area contributed by atoms with E-state index in [0.29, 0.717) is 6.54 Å². The second-order valence-electron chi connectivity index (χ2n) is 4.01. The van der Waals surface area contributed by atoms with Crippen molar-refractivity contribution in [2.24, 2.45) is 12.8 Å². The number of aromatic nitrogens is 2. The number of hydrogen-bond donors (Lipinski definition) is 2.